The minimum atomic E-state index is -0.489. The maximum absolute atomic E-state index is 6.22. The Kier molecular flexibility index (Phi) is 6.03. The van der Waals surface area contributed by atoms with Gasteiger partial charge in [0.25, 0.3) is 0 Å². The smallest absolute Gasteiger partial charge is 0.202 e. The molecule has 0 N–H and O–H groups in total. The number of fused-ring (bicyclic) bond motifs is 3. The summed E-state index contributed by atoms with van der Waals surface area (Å²) in [7, 11) is 0. The minimum absolute atomic E-state index is 0.169. The third-order valence-electron chi connectivity index (χ3n) is 8.16. The van der Waals surface area contributed by atoms with E-state index in [0.29, 0.717) is 13.0 Å². The third-order valence-corrected chi connectivity index (χ3v) is 8.16. The molecule has 196 valence electrons. The van der Waals surface area contributed by atoms with Crippen LogP contribution in [0.15, 0.2) is 97.6 Å². The average molecular weight is 517 g/mol. The fourth-order valence-corrected chi connectivity index (χ4v) is 6.11. The maximum Gasteiger partial charge on any atom is 0.202 e. The molecule has 2 unspecified atom stereocenters. The van der Waals surface area contributed by atoms with E-state index in [4.69, 9.17) is 18.9 Å². The van der Waals surface area contributed by atoms with Gasteiger partial charge in [-0.15, -0.1) is 6.58 Å². The lowest BCUT2D eigenvalue weighted by Crippen LogP contribution is -2.33. The van der Waals surface area contributed by atoms with Gasteiger partial charge in [0, 0.05) is 6.42 Å². The Bertz CT molecular complexity index is 1500. The first-order valence-corrected chi connectivity index (χ1v) is 13.8. The molecule has 2 atom stereocenters. The SMILES string of the molecule is C=CCc1cc(C2(c3ccc(OCC4CO4)c(C)c3)c3ccccc3-c3ccccc32)ccc1OC1CCO1. The zero-order chi connectivity index (χ0) is 26.4. The summed E-state index contributed by atoms with van der Waals surface area (Å²) in [5.41, 5.74) is 9.26. The molecule has 2 saturated heterocycles. The number of benzene rings is 4. The van der Waals surface area contributed by atoms with Crippen LogP contribution < -0.4 is 9.47 Å². The highest BCUT2D eigenvalue weighted by Gasteiger charge is 2.46. The molecule has 4 aromatic rings. The fourth-order valence-electron chi connectivity index (χ4n) is 6.11. The zero-order valence-electron chi connectivity index (χ0n) is 22.2. The van der Waals surface area contributed by atoms with E-state index >= 15 is 0 Å². The molecule has 1 aliphatic carbocycles. The Morgan fingerprint density at radius 3 is 2.10 bits per heavy atom. The lowest BCUT2D eigenvalue weighted by atomic mass is 9.67. The average Bonchev–Trinajstić information content (AvgIpc) is 3.72. The van der Waals surface area contributed by atoms with Crippen molar-refractivity contribution in [2.24, 2.45) is 0 Å². The lowest BCUT2D eigenvalue weighted by Gasteiger charge is -2.35. The molecule has 3 aliphatic rings. The van der Waals surface area contributed by atoms with Gasteiger partial charge in [-0.1, -0.05) is 78.9 Å². The van der Waals surface area contributed by atoms with Crippen LogP contribution in [0.4, 0.5) is 0 Å². The van der Waals surface area contributed by atoms with Crippen LogP contribution in [-0.2, 0) is 21.3 Å². The first-order valence-electron chi connectivity index (χ1n) is 13.8. The van der Waals surface area contributed by atoms with Crippen molar-refractivity contribution in [2.75, 3.05) is 19.8 Å². The van der Waals surface area contributed by atoms with Gasteiger partial charge in [0.15, 0.2) is 0 Å². The molecular weight excluding hydrogens is 484 g/mol. The Labute approximate surface area is 229 Å². The van der Waals surface area contributed by atoms with Crippen LogP contribution in [0.2, 0.25) is 0 Å². The normalized spacial score (nSPS) is 19.9. The standard InChI is InChI=1S/C35H32O4/c1-3-8-24-20-26(14-16-33(24)39-34-17-18-36-34)35(25-13-15-32(23(2)19-25)38-22-27-21-37-27)30-11-6-4-9-28(30)29-10-5-7-12-31(29)35/h3-7,9-16,19-20,27,34H,1,8,17-18,21-22H2,2H3. The quantitative estimate of drug-likeness (QED) is 0.156. The molecule has 0 saturated carbocycles. The maximum atomic E-state index is 6.22. The minimum Gasteiger partial charge on any atom is -0.491 e. The van der Waals surface area contributed by atoms with E-state index in [1.165, 1.54) is 33.4 Å². The second kappa shape index (κ2) is 9.71. The number of aryl methyl sites for hydroxylation is 1. The van der Waals surface area contributed by atoms with Gasteiger partial charge >= 0.3 is 0 Å². The zero-order valence-corrected chi connectivity index (χ0v) is 22.2. The molecule has 0 amide bonds. The van der Waals surface area contributed by atoms with Crippen LogP contribution in [0.5, 0.6) is 11.5 Å². The first kappa shape index (κ1) is 24.2. The molecule has 0 radical (unpaired) electrons. The van der Waals surface area contributed by atoms with Gasteiger partial charge in [-0.3, -0.25) is 0 Å². The summed E-state index contributed by atoms with van der Waals surface area (Å²) < 4.78 is 23.3. The van der Waals surface area contributed by atoms with Gasteiger partial charge in [0.1, 0.15) is 24.2 Å². The number of allylic oxidation sites excluding steroid dienone is 1. The monoisotopic (exact) mass is 516 g/mol. The lowest BCUT2D eigenvalue weighted by molar-refractivity contribution is -0.165. The van der Waals surface area contributed by atoms with Crippen molar-refractivity contribution in [3.05, 3.63) is 131 Å². The van der Waals surface area contributed by atoms with Crippen LogP contribution in [-0.4, -0.2) is 32.2 Å². The van der Waals surface area contributed by atoms with Crippen LogP contribution in [0.3, 0.4) is 0 Å². The molecule has 4 nitrogen and oxygen atoms in total. The topological polar surface area (TPSA) is 40.2 Å². The number of ether oxygens (including phenoxy) is 4. The van der Waals surface area contributed by atoms with E-state index in [2.05, 4.69) is 98.4 Å². The Morgan fingerprint density at radius 1 is 0.872 bits per heavy atom. The molecule has 0 bridgehead atoms. The first-order chi connectivity index (χ1) is 19.2. The van der Waals surface area contributed by atoms with E-state index < -0.39 is 5.41 Å². The van der Waals surface area contributed by atoms with Crippen LogP contribution in [0.25, 0.3) is 11.1 Å². The largest absolute Gasteiger partial charge is 0.491 e. The molecule has 4 heteroatoms. The summed E-state index contributed by atoms with van der Waals surface area (Å²) in [5.74, 6) is 1.76. The highest BCUT2D eigenvalue weighted by atomic mass is 16.7. The Hall–Kier alpha value is -3.86. The summed E-state index contributed by atoms with van der Waals surface area (Å²) in [6, 6.07) is 30.9. The van der Waals surface area contributed by atoms with E-state index in [0.717, 1.165) is 42.3 Å². The van der Waals surface area contributed by atoms with Gasteiger partial charge in [0.2, 0.25) is 6.29 Å². The summed E-state index contributed by atoms with van der Waals surface area (Å²) in [5, 5.41) is 0. The molecule has 2 heterocycles. The highest BCUT2D eigenvalue weighted by molar-refractivity contribution is 5.86. The van der Waals surface area contributed by atoms with E-state index in [9.17, 15) is 0 Å². The second-order valence-electron chi connectivity index (χ2n) is 10.6. The third kappa shape index (κ3) is 4.07. The predicted molar refractivity (Wildman–Crippen MR) is 153 cm³/mol. The molecule has 39 heavy (non-hydrogen) atoms. The molecule has 0 spiro atoms. The van der Waals surface area contributed by atoms with Crippen molar-refractivity contribution in [3.8, 4) is 22.6 Å². The summed E-state index contributed by atoms with van der Waals surface area (Å²) in [6.07, 6.45) is 3.62. The van der Waals surface area contributed by atoms with Gasteiger partial charge in [-0.25, -0.2) is 0 Å². The van der Waals surface area contributed by atoms with E-state index in [1.54, 1.807) is 0 Å². The Balaban J connectivity index is 1.43. The van der Waals surface area contributed by atoms with Crippen molar-refractivity contribution >= 4 is 0 Å². The molecule has 2 aliphatic heterocycles. The number of hydrogen-bond acceptors (Lipinski definition) is 4. The van der Waals surface area contributed by atoms with Crippen molar-refractivity contribution < 1.29 is 18.9 Å². The Morgan fingerprint density at radius 2 is 1.51 bits per heavy atom. The summed E-state index contributed by atoms with van der Waals surface area (Å²) >= 11 is 0. The van der Waals surface area contributed by atoms with Gasteiger partial charge < -0.3 is 18.9 Å². The molecular formula is C35H32O4. The highest BCUT2D eigenvalue weighted by Crippen LogP contribution is 2.56. The molecule has 4 aromatic carbocycles. The van der Waals surface area contributed by atoms with Crippen molar-refractivity contribution in [1.82, 2.24) is 0 Å². The second-order valence-corrected chi connectivity index (χ2v) is 10.6. The van der Waals surface area contributed by atoms with Crippen LogP contribution in [0.1, 0.15) is 39.8 Å². The van der Waals surface area contributed by atoms with Crippen molar-refractivity contribution in [3.63, 3.8) is 0 Å². The molecule has 2 fully saturated rings. The van der Waals surface area contributed by atoms with E-state index in [-0.39, 0.29) is 12.4 Å². The van der Waals surface area contributed by atoms with Gasteiger partial charge in [-0.2, -0.15) is 0 Å². The molecule has 0 aromatic heterocycles. The molecule has 7 rings (SSSR count). The van der Waals surface area contributed by atoms with Crippen molar-refractivity contribution in [1.29, 1.82) is 0 Å². The van der Waals surface area contributed by atoms with Crippen LogP contribution >= 0.6 is 0 Å². The number of hydrogen-bond donors (Lipinski definition) is 0. The van der Waals surface area contributed by atoms with Crippen LogP contribution in [0, 0.1) is 6.92 Å². The van der Waals surface area contributed by atoms with E-state index in [1.807, 2.05) is 6.08 Å². The fraction of sp³-hybridized carbons (Fsp3) is 0.257. The van der Waals surface area contributed by atoms with Crippen molar-refractivity contribution in [2.45, 2.75) is 37.6 Å². The summed E-state index contributed by atoms with van der Waals surface area (Å²) in [4.78, 5) is 0. The number of rotatable bonds is 9. The summed E-state index contributed by atoms with van der Waals surface area (Å²) in [6.45, 7) is 8.29. The number of epoxide rings is 1. The predicted octanol–water partition coefficient (Wildman–Crippen LogP) is 6.99. The van der Waals surface area contributed by atoms with Gasteiger partial charge in [-0.05, 0) is 70.0 Å². The van der Waals surface area contributed by atoms with Gasteiger partial charge in [0.05, 0.1) is 18.6 Å².